The molecule has 3 nitrogen and oxygen atoms in total. The van der Waals surface area contributed by atoms with Crippen LogP contribution in [0.5, 0.6) is 5.75 Å². The van der Waals surface area contributed by atoms with Crippen LogP contribution in [0.1, 0.15) is 6.42 Å². The highest BCUT2D eigenvalue weighted by Gasteiger charge is 2.33. The molecule has 0 bridgehead atoms. The van der Waals surface area contributed by atoms with E-state index < -0.39 is 24.9 Å². The molecule has 0 saturated carbocycles. The highest BCUT2D eigenvalue weighted by Crippen LogP contribution is 2.22. The highest BCUT2D eigenvalue weighted by atomic mass is 35.5. The van der Waals surface area contributed by atoms with Crippen molar-refractivity contribution < 1.29 is 23.4 Å². The van der Waals surface area contributed by atoms with Crippen molar-refractivity contribution in [1.82, 2.24) is 0 Å². The first-order valence-corrected chi connectivity index (χ1v) is 4.75. The lowest BCUT2D eigenvalue weighted by molar-refractivity contribution is -0.147. The molecule has 0 saturated heterocycles. The topological polar surface area (TPSA) is 46.5 Å². The lowest BCUT2D eigenvalue weighted by atomic mass is 10.2. The van der Waals surface area contributed by atoms with Crippen molar-refractivity contribution in [3.05, 3.63) is 29.3 Å². The van der Waals surface area contributed by atoms with Crippen molar-refractivity contribution in [2.75, 3.05) is 6.61 Å². The molecule has 0 heterocycles. The maximum atomic E-state index is 12.9. The Morgan fingerprint density at radius 1 is 1.50 bits per heavy atom. The Labute approximate surface area is 95.6 Å². The maximum absolute atomic E-state index is 12.9. The first-order chi connectivity index (χ1) is 7.39. The molecule has 0 amide bonds. The van der Waals surface area contributed by atoms with Crippen LogP contribution in [-0.4, -0.2) is 23.6 Å². The molecule has 1 aromatic carbocycles. The molecule has 0 unspecified atom stereocenters. The fourth-order valence-corrected chi connectivity index (χ4v) is 1.20. The number of rotatable bonds is 5. The number of carbonyl (C=O) groups is 1. The molecule has 1 N–H and O–H groups in total. The van der Waals surface area contributed by atoms with E-state index in [0.29, 0.717) is 5.02 Å². The van der Waals surface area contributed by atoms with Gasteiger partial charge in [0.2, 0.25) is 0 Å². The van der Waals surface area contributed by atoms with Crippen LogP contribution in [0.2, 0.25) is 5.02 Å². The van der Waals surface area contributed by atoms with Gasteiger partial charge in [-0.2, -0.15) is 0 Å². The molecule has 0 aromatic heterocycles. The summed E-state index contributed by atoms with van der Waals surface area (Å²) in [4.78, 5) is 10.1. The van der Waals surface area contributed by atoms with E-state index in [1.54, 1.807) is 12.1 Å². The van der Waals surface area contributed by atoms with Gasteiger partial charge >= 0.3 is 5.97 Å². The predicted molar refractivity (Wildman–Crippen MR) is 54.1 cm³/mol. The summed E-state index contributed by atoms with van der Waals surface area (Å²) in [5, 5.41) is 8.59. The summed E-state index contributed by atoms with van der Waals surface area (Å²) in [6, 6.07) is 5.96. The molecule has 0 aliphatic heterocycles. The molecule has 0 aliphatic carbocycles. The predicted octanol–water partition coefficient (Wildman–Crippen LogP) is 2.83. The van der Waals surface area contributed by atoms with Crippen molar-refractivity contribution in [3.8, 4) is 5.75 Å². The number of aliphatic carboxylic acids is 1. The molecule has 0 radical (unpaired) electrons. The number of benzene rings is 1. The third-order valence-electron chi connectivity index (χ3n) is 1.66. The van der Waals surface area contributed by atoms with Crippen LogP contribution in [0.15, 0.2) is 24.3 Å². The second-order valence-electron chi connectivity index (χ2n) is 3.17. The van der Waals surface area contributed by atoms with E-state index in [9.17, 15) is 13.6 Å². The summed E-state index contributed by atoms with van der Waals surface area (Å²) >= 11 is 5.62. The van der Waals surface area contributed by atoms with Crippen molar-refractivity contribution in [2.45, 2.75) is 12.3 Å². The van der Waals surface area contributed by atoms with Gasteiger partial charge in [-0.3, -0.25) is 4.79 Å². The Morgan fingerprint density at radius 3 is 2.75 bits per heavy atom. The molecule has 0 fully saturated rings. The average molecular weight is 251 g/mol. The van der Waals surface area contributed by atoms with Crippen molar-refractivity contribution in [3.63, 3.8) is 0 Å². The molecule has 0 aliphatic rings. The minimum absolute atomic E-state index is 0.178. The third kappa shape index (κ3) is 4.44. The number of carboxylic acid groups (broad SMARTS) is 1. The van der Waals surface area contributed by atoms with Crippen LogP contribution in [0.3, 0.4) is 0 Å². The minimum atomic E-state index is -3.39. The van der Waals surface area contributed by atoms with Gasteiger partial charge in [-0.1, -0.05) is 17.7 Å². The van der Waals surface area contributed by atoms with E-state index in [0.717, 1.165) is 0 Å². The van der Waals surface area contributed by atoms with Crippen LogP contribution >= 0.6 is 11.6 Å². The second kappa shape index (κ2) is 5.12. The monoisotopic (exact) mass is 250 g/mol. The average Bonchev–Trinajstić information content (AvgIpc) is 2.13. The molecule has 16 heavy (non-hydrogen) atoms. The first-order valence-electron chi connectivity index (χ1n) is 4.37. The van der Waals surface area contributed by atoms with Crippen LogP contribution in [-0.2, 0) is 4.79 Å². The fraction of sp³-hybridized carbons (Fsp3) is 0.300. The van der Waals surface area contributed by atoms with Gasteiger partial charge in [0.15, 0.2) is 6.61 Å². The minimum Gasteiger partial charge on any atom is -0.487 e. The van der Waals surface area contributed by atoms with Crippen molar-refractivity contribution in [2.24, 2.45) is 0 Å². The van der Waals surface area contributed by atoms with Gasteiger partial charge < -0.3 is 9.84 Å². The number of halogens is 3. The summed E-state index contributed by atoms with van der Waals surface area (Å²) in [7, 11) is 0. The van der Waals surface area contributed by atoms with E-state index in [2.05, 4.69) is 0 Å². The molecule has 1 aromatic rings. The van der Waals surface area contributed by atoms with E-state index >= 15 is 0 Å². The zero-order valence-electron chi connectivity index (χ0n) is 8.12. The second-order valence-corrected chi connectivity index (χ2v) is 3.61. The molecule has 1 rings (SSSR count). The van der Waals surface area contributed by atoms with Gasteiger partial charge in [0.25, 0.3) is 5.92 Å². The van der Waals surface area contributed by atoms with Crippen molar-refractivity contribution >= 4 is 17.6 Å². The van der Waals surface area contributed by atoms with E-state index in [-0.39, 0.29) is 5.75 Å². The summed E-state index contributed by atoms with van der Waals surface area (Å²) in [6.45, 7) is -0.986. The molecule has 0 spiro atoms. The standard InChI is InChI=1S/C10H9ClF2O3/c11-7-2-1-3-8(4-7)16-6-10(12,13)5-9(14)15/h1-4H,5-6H2,(H,14,15). The van der Waals surface area contributed by atoms with Gasteiger partial charge in [0, 0.05) is 5.02 Å². The summed E-state index contributed by atoms with van der Waals surface area (Å²) in [5.41, 5.74) is 0. The van der Waals surface area contributed by atoms with Crippen LogP contribution in [0, 0.1) is 0 Å². The van der Waals surface area contributed by atoms with Gasteiger partial charge in [-0.05, 0) is 18.2 Å². The van der Waals surface area contributed by atoms with Crippen LogP contribution in [0.4, 0.5) is 8.78 Å². The Hall–Kier alpha value is -1.36. The van der Waals surface area contributed by atoms with Gasteiger partial charge in [-0.25, -0.2) is 8.78 Å². The number of alkyl halides is 2. The number of hydrogen-bond acceptors (Lipinski definition) is 2. The number of hydrogen-bond donors (Lipinski definition) is 1. The summed E-state index contributed by atoms with van der Waals surface area (Å²) < 4.78 is 30.6. The Kier molecular flexibility index (Phi) is 4.06. The lowest BCUT2D eigenvalue weighted by Gasteiger charge is -2.14. The normalized spacial score (nSPS) is 11.2. The van der Waals surface area contributed by atoms with E-state index in [1.807, 2.05) is 0 Å². The SMILES string of the molecule is O=C(O)CC(F)(F)COc1cccc(Cl)c1. The zero-order valence-corrected chi connectivity index (χ0v) is 8.88. The third-order valence-corrected chi connectivity index (χ3v) is 1.89. The smallest absolute Gasteiger partial charge is 0.309 e. The molecule has 0 atom stereocenters. The maximum Gasteiger partial charge on any atom is 0.309 e. The summed E-state index contributed by atoms with van der Waals surface area (Å²) in [6.07, 6.45) is -1.26. The quantitative estimate of drug-likeness (QED) is 0.874. The molecular formula is C10H9ClF2O3. The van der Waals surface area contributed by atoms with Crippen LogP contribution in [0.25, 0.3) is 0 Å². The van der Waals surface area contributed by atoms with Crippen LogP contribution < -0.4 is 4.74 Å². The number of carboxylic acids is 1. The molecular weight excluding hydrogens is 242 g/mol. The highest BCUT2D eigenvalue weighted by molar-refractivity contribution is 6.30. The van der Waals surface area contributed by atoms with E-state index in [1.165, 1.54) is 12.1 Å². The lowest BCUT2D eigenvalue weighted by Crippen LogP contribution is -2.28. The van der Waals surface area contributed by atoms with Gasteiger partial charge in [-0.15, -0.1) is 0 Å². The largest absolute Gasteiger partial charge is 0.487 e. The Morgan fingerprint density at radius 2 is 2.19 bits per heavy atom. The first kappa shape index (κ1) is 12.7. The van der Waals surface area contributed by atoms with Crippen molar-refractivity contribution in [1.29, 1.82) is 0 Å². The zero-order chi connectivity index (χ0) is 12.2. The molecule has 88 valence electrons. The summed E-state index contributed by atoms with van der Waals surface area (Å²) in [5.74, 6) is -4.79. The Balaban J connectivity index is 2.54. The number of ether oxygens (including phenoxy) is 1. The Bertz CT molecular complexity index is 382. The molecule has 6 heteroatoms. The van der Waals surface area contributed by atoms with E-state index in [4.69, 9.17) is 21.4 Å². The fourth-order valence-electron chi connectivity index (χ4n) is 1.02. The van der Waals surface area contributed by atoms with Gasteiger partial charge in [0.05, 0.1) is 0 Å². The van der Waals surface area contributed by atoms with Gasteiger partial charge in [0.1, 0.15) is 12.2 Å².